The zero-order chi connectivity index (χ0) is 11.4. The first kappa shape index (κ1) is 12.9. The van der Waals surface area contributed by atoms with Gasteiger partial charge in [0.15, 0.2) is 0 Å². The van der Waals surface area contributed by atoms with Crippen molar-refractivity contribution in [3.05, 3.63) is 0 Å². The first-order valence-electron chi connectivity index (χ1n) is 4.53. The molecule has 0 fully saturated rings. The van der Waals surface area contributed by atoms with Gasteiger partial charge in [-0.2, -0.15) is 0 Å². The smallest absolute Gasteiger partial charge is 0.310 e. The number of aliphatic carboxylic acids is 1. The Kier molecular flexibility index (Phi) is 4.56. The van der Waals surface area contributed by atoms with Gasteiger partial charge in [-0.1, -0.05) is 6.92 Å². The Morgan fingerprint density at radius 1 is 1.43 bits per heavy atom. The van der Waals surface area contributed by atoms with Crippen molar-refractivity contribution >= 4 is 11.9 Å². The molecule has 0 radical (unpaired) electrons. The quantitative estimate of drug-likeness (QED) is 0.630. The van der Waals surface area contributed by atoms with Crippen LogP contribution >= 0.6 is 0 Å². The van der Waals surface area contributed by atoms with Crippen LogP contribution in [0.1, 0.15) is 20.8 Å². The number of carbonyl (C=O) groups is 2. The third-order valence-electron chi connectivity index (χ3n) is 2.02. The van der Waals surface area contributed by atoms with Gasteiger partial charge < -0.3 is 10.8 Å². The lowest BCUT2D eigenvalue weighted by Gasteiger charge is -2.27. The fourth-order valence-electron chi connectivity index (χ4n) is 1.13. The minimum Gasteiger partial charge on any atom is -0.481 e. The van der Waals surface area contributed by atoms with Crippen LogP contribution in [0.3, 0.4) is 0 Å². The number of carbonyl (C=O) groups excluding carboxylic acids is 1. The second-order valence-corrected chi connectivity index (χ2v) is 3.96. The highest BCUT2D eigenvalue weighted by atomic mass is 16.4. The van der Waals surface area contributed by atoms with Gasteiger partial charge in [0.05, 0.1) is 12.0 Å². The van der Waals surface area contributed by atoms with E-state index in [0.717, 1.165) is 0 Å². The molecule has 0 spiro atoms. The highest BCUT2D eigenvalue weighted by molar-refractivity contribution is 5.76. The molecular weight excluding hydrogens is 184 g/mol. The number of carboxylic acid groups (broad SMARTS) is 1. The van der Waals surface area contributed by atoms with Crippen molar-refractivity contribution in [2.75, 3.05) is 19.6 Å². The van der Waals surface area contributed by atoms with E-state index in [4.69, 9.17) is 10.8 Å². The van der Waals surface area contributed by atoms with Gasteiger partial charge in [0.25, 0.3) is 0 Å². The second kappa shape index (κ2) is 4.95. The summed E-state index contributed by atoms with van der Waals surface area (Å²) in [6.45, 7) is 6.15. The molecule has 0 aromatic carbocycles. The molecule has 0 atom stereocenters. The van der Waals surface area contributed by atoms with E-state index in [2.05, 4.69) is 0 Å². The summed E-state index contributed by atoms with van der Waals surface area (Å²) < 4.78 is 0. The minimum absolute atomic E-state index is 0.104. The van der Waals surface area contributed by atoms with Crippen molar-refractivity contribution in [2.24, 2.45) is 11.1 Å². The van der Waals surface area contributed by atoms with E-state index in [1.165, 1.54) is 0 Å². The summed E-state index contributed by atoms with van der Waals surface area (Å²) in [6.07, 6.45) is 0. The maximum absolute atomic E-state index is 10.8. The SMILES string of the molecule is CCN(CC(N)=O)CC(C)(C)C(=O)O. The third-order valence-corrected chi connectivity index (χ3v) is 2.02. The van der Waals surface area contributed by atoms with Gasteiger partial charge in [-0.05, 0) is 20.4 Å². The maximum atomic E-state index is 10.8. The Balaban J connectivity index is 4.30. The molecule has 82 valence electrons. The summed E-state index contributed by atoms with van der Waals surface area (Å²) in [5, 5.41) is 8.88. The third kappa shape index (κ3) is 4.23. The zero-order valence-corrected chi connectivity index (χ0v) is 8.91. The molecule has 0 aromatic rings. The molecule has 14 heavy (non-hydrogen) atoms. The van der Waals surface area contributed by atoms with Gasteiger partial charge in [0.1, 0.15) is 0 Å². The van der Waals surface area contributed by atoms with Gasteiger partial charge in [-0.3, -0.25) is 14.5 Å². The zero-order valence-electron chi connectivity index (χ0n) is 8.91. The van der Waals surface area contributed by atoms with Crippen molar-refractivity contribution in [3.63, 3.8) is 0 Å². The van der Waals surface area contributed by atoms with E-state index in [1.807, 2.05) is 6.92 Å². The number of hydrogen-bond donors (Lipinski definition) is 2. The minimum atomic E-state index is -0.875. The van der Waals surface area contributed by atoms with E-state index in [1.54, 1.807) is 18.7 Å². The van der Waals surface area contributed by atoms with Crippen LogP contribution in [0, 0.1) is 5.41 Å². The Hall–Kier alpha value is -1.10. The number of amides is 1. The molecule has 0 rings (SSSR count). The van der Waals surface area contributed by atoms with Crippen molar-refractivity contribution in [1.82, 2.24) is 4.90 Å². The average Bonchev–Trinajstić information content (AvgIpc) is 2.01. The Morgan fingerprint density at radius 2 is 1.93 bits per heavy atom. The van der Waals surface area contributed by atoms with Crippen molar-refractivity contribution in [3.8, 4) is 0 Å². The van der Waals surface area contributed by atoms with Gasteiger partial charge in [0.2, 0.25) is 5.91 Å². The van der Waals surface area contributed by atoms with E-state index in [9.17, 15) is 9.59 Å². The first-order chi connectivity index (χ1) is 6.29. The number of likely N-dealkylation sites (N-methyl/N-ethyl adjacent to an activating group) is 1. The normalized spacial score (nSPS) is 11.7. The number of hydrogen-bond acceptors (Lipinski definition) is 3. The summed E-state index contributed by atoms with van der Waals surface area (Å²) in [5.74, 6) is -1.31. The standard InChI is InChI=1S/C9H18N2O3/c1-4-11(5-7(10)12)6-9(2,3)8(13)14/h4-6H2,1-3H3,(H2,10,12)(H,13,14). The molecule has 0 saturated heterocycles. The average molecular weight is 202 g/mol. The molecule has 0 aliphatic rings. The van der Waals surface area contributed by atoms with Gasteiger partial charge in [-0.15, -0.1) is 0 Å². The fourth-order valence-corrected chi connectivity index (χ4v) is 1.13. The van der Waals surface area contributed by atoms with Crippen molar-refractivity contribution < 1.29 is 14.7 Å². The molecule has 5 nitrogen and oxygen atoms in total. The van der Waals surface area contributed by atoms with Crippen molar-refractivity contribution in [2.45, 2.75) is 20.8 Å². The van der Waals surface area contributed by atoms with Crippen LogP contribution in [0.5, 0.6) is 0 Å². The van der Waals surface area contributed by atoms with Gasteiger partial charge >= 0.3 is 5.97 Å². The molecule has 3 N–H and O–H groups in total. The lowest BCUT2D eigenvalue weighted by Crippen LogP contribution is -2.42. The topological polar surface area (TPSA) is 83.6 Å². The predicted molar refractivity (Wildman–Crippen MR) is 52.7 cm³/mol. The van der Waals surface area contributed by atoms with E-state index in [0.29, 0.717) is 13.1 Å². The Morgan fingerprint density at radius 3 is 2.21 bits per heavy atom. The van der Waals surface area contributed by atoms with E-state index in [-0.39, 0.29) is 6.54 Å². The molecule has 0 aliphatic heterocycles. The number of nitrogens with two attached hydrogens (primary N) is 1. The molecule has 0 unspecified atom stereocenters. The lowest BCUT2D eigenvalue weighted by atomic mass is 9.93. The summed E-state index contributed by atoms with van der Waals surface area (Å²) >= 11 is 0. The molecule has 5 heteroatoms. The number of nitrogens with zero attached hydrogens (tertiary/aromatic N) is 1. The van der Waals surface area contributed by atoms with Crippen LogP contribution in [0.15, 0.2) is 0 Å². The monoisotopic (exact) mass is 202 g/mol. The molecule has 0 saturated carbocycles. The van der Waals surface area contributed by atoms with Crippen LogP contribution in [-0.4, -0.2) is 41.5 Å². The number of primary amides is 1. The molecule has 0 aromatic heterocycles. The lowest BCUT2D eigenvalue weighted by molar-refractivity contribution is -0.148. The molecule has 0 bridgehead atoms. The number of carboxylic acids is 1. The van der Waals surface area contributed by atoms with Crippen LogP contribution in [0.2, 0.25) is 0 Å². The fraction of sp³-hybridized carbons (Fsp3) is 0.778. The highest BCUT2D eigenvalue weighted by Crippen LogP contribution is 2.16. The van der Waals surface area contributed by atoms with Crippen LogP contribution in [0.4, 0.5) is 0 Å². The maximum Gasteiger partial charge on any atom is 0.310 e. The van der Waals surface area contributed by atoms with Crippen LogP contribution < -0.4 is 5.73 Å². The van der Waals surface area contributed by atoms with Crippen LogP contribution in [0.25, 0.3) is 0 Å². The summed E-state index contributed by atoms with van der Waals surface area (Å²) in [4.78, 5) is 23.2. The summed E-state index contributed by atoms with van der Waals surface area (Å²) in [6, 6.07) is 0. The Labute approximate surface area is 83.9 Å². The van der Waals surface area contributed by atoms with Crippen molar-refractivity contribution in [1.29, 1.82) is 0 Å². The Bertz CT molecular complexity index is 226. The number of rotatable bonds is 6. The van der Waals surface area contributed by atoms with Crippen LogP contribution in [-0.2, 0) is 9.59 Å². The van der Waals surface area contributed by atoms with E-state index < -0.39 is 17.3 Å². The summed E-state index contributed by atoms with van der Waals surface area (Å²) in [5.41, 5.74) is 4.18. The molecular formula is C9H18N2O3. The summed E-state index contributed by atoms with van der Waals surface area (Å²) in [7, 11) is 0. The molecule has 1 amide bonds. The largest absolute Gasteiger partial charge is 0.481 e. The van der Waals surface area contributed by atoms with E-state index >= 15 is 0 Å². The molecule has 0 aliphatic carbocycles. The predicted octanol–water partition coefficient (Wildman–Crippen LogP) is -0.0956. The molecule has 0 heterocycles. The van der Waals surface area contributed by atoms with Gasteiger partial charge in [0, 0.05) is 6.54 Å². The first-order valence-corrected chi connectivity index (χ1v) is 4.53. The second-order valence-electron chi connectivity index (χ2n) is 3.96. The van der Waals surface area contributed by atoms with Gasteiger partial charge in [-0.25, -0.2) is 0 Å². The highest BCUT2D eigenvalue weighted by Gasteiger charge is 2.29.